The molecular weight excluding hydrogens is 406 g/mol. The third-order valence-electron chi connectivity index (χ3n) is 2.94. The van der Waals surface area contributed by atoms with Crippen molar-refractivity contribution in [1.29, 1.82) is 0 Å². The summed E-state index contributed by atoms with van der Waals surface area (Å²) in [6.07, 6.45) is -4.71. The van der Waals surface area contributed by atoms with Crippen LogP contribution in [0.15, 0.2) is 4.02 Å². The van der Waals surface area contributed by atoms with Crippen LogP contribution in [0.5, 0.6) is 0 Å². The van der Waals surface area contributed by atoms with Crippen LogP contribution in [0.25, 0.3) is 0 Å². The third-order valence-corrected chi connectivity index (χ3v) is 3.28. The van der Waals surface area contributed by atoms with Gasteiger partial charge in [0.15, 0.2) is 18.3 Å². The second-order valence-electron chi connectivity index (χ2n) is 5.06. The highest BCUT2D eigenvalue weighted by atomic mass is 79.9. The van der Waals surface area contributed by atoms with Crippen molar-refractivity contribution >= 4 is 45.9 Å². The van der Waals surface area contributed by atoms with Gasteiger partial charge in [-0.2, -0.15) is 4.02 Å². The van der Waals surface area contributed by atoms with Gasteiger partial charge in [-0.3, -0.25) is 19.2 Å². The zero-order valence-corrected chi connectivity index (χ0v) is 15.6. The Balaban J connectivity index is 3.23. The Morgan fingerprint density at radius 2 is 1.44 bits per heavy atom. The predicted molar refractivity (Wildman–Crippen MR) is 84.5 cm³/mol. The van der Waals surface area contributed by atoms with Gasteiger partial charge in [0.25, 0.3) is 0 Å². The smallest absolute Gasteiger partial charge is 0.303 e. The summed E-state index contributed by atoms with van der Waals surface area (Å²) in [4.78, 5) is 45.3. The van der Waals surface area contributed by atoms with Gasteiger partial charge in [0.05, 0.1) is 16.1 Å². The van der Waals surface area contributed by atoms with E-state index in [0.29, 0.717) is 0 Å². The van der Waals surface area contributed by atoms with E-state index in [9.17, 15) is 19.2 Å². The number of esters is 4. The third kappa shape index (κ3) is 6.33. The first kappa shape index (κ1) is 20.9. The van der Waals surface area contributed by atoms with E-state index in [0.717, 1.165) is 20.8 Å². The SMILES string of the molecule is CC(=O)OC[C@H]1O/C(=N\Br)[C@H](OC(C)=O)[C@@H](OC(C)=O)[C@@H]1OC(C)=O. The van der Waals surface area contributed by atoms with E-state index in [1.165, 1.54) is 6.92 Å². The van der Waals surface area contributed by atoms with Crippen molar-refractivity contribution < 1.29 is 42.9 Å². The lowest BCUT2D eigenvalue weighted by atomic mass is 9.98. The molecule has 1 aliphatic rings. The zero-order valence-electron chi connectivity index (χ0n) is 14.0. The Labute approximate surface area is 152 Å². The maximum Gasteiger partial charge on any atom is 0.303 e. The van der Waals surface area contributed by atoms with Gasteiger partial charge in [-0.25, -0.2) is 0 Å². The van der Waals surface area contributed by atoms with Gasteiger partial charge >= 0.3 is 23.9 Å². The quantitative estimate of drug-likeness (QED) is 0.457. The molecule has 11 heteroatoms. The molecule has 0 aromatic carbocycles. The minimum absolute atomic E-state index is 0.137. The van der Waals surface area contributed by atoms with Gasteiger partial charge in [0.1, 0.15) is 6.61 Å². The number of ether oxygens (including phenoxy) is 5. The van der Waals surface area contributed by atoms with Gasteiger partial charge in [-0.15, -0.1) is 0 Å². The number of hydrogen-bond donors (Lipinski definition) is 0. The summed E-state index contributed by atoms with van der Waals surface area (Å²) < 4.78 is 29.5. The summed E-state index contributed by atoms with van der Waals surface area (Å²) in [6.45, 7) is 4.31. The van der Waals surface area contributed by atoms with Crippen molar-refractivity contribution in [3.05, 3.63) is 0 Å². The molecule has 0 spiro atoms. The number of halogens is 1. The molecule has 0 aliphatic carbocycles. The molecule has 140 valence electrons. The molecule has 0 aromatic heterocycles. The van der Waals surface area contributed by atoms with Crippen LogP contribution in [0.2, 0.25) is 0 Å². The Bertz CT molecular complexity index is 577. The number of hydrogen-bond acceptors (Lipinski definition) is 10. The van der Waals surface area contributed by atoms with Crippen molar-refractivity contribution in [2.75, 3.05) is 6.61 Å². The average molecular weight is 424 g/mol. The highest BCUT2D eigenvalue weighted by molar-refractivity contribution is 9.08. The minimum Gasteiger partial charge on any atom is -0.467 e. The van der Waals surface area contributed by atoms with E-state index in [4.69, 9.17) is 23.7 Å². The molecule has 1 saturated heterocycles. The van der Waals surface area contributed by atoms with E-state index in [1.807, 2.05) is 0 Å². The summed E-state index contributed by atoms with van der Waals surface area (Å²) in [6, 6.07) is 0. The summed E-state index contributed by atoms with van der Waals surface area (Å²) in [5.41, 5.74) is 0. The Morgan fingerprint density at radius 1 is 0.920 bits per heavy atom. The van der Waals surface area contributed by atoms with E-state index < -0.39 is 48.3 Å². The lowest BCUT2D eigenvalue weighted by Crippen LogP contribution is -2.60. The molecule has 0 amide bonds. The number of carbonyl (C=O) groups is 4. The maximum atomic E-state index is 11.5. The van der Waals surface area contributed by atoms with Crippen LogP contribution in [0, 0.1) is 0 Å². The molecule has 0 bridgehead atoms. The van der Waals surface area contributed by atoms with Crippen LogP contribution in [0.3, 0.4) is 0 Å². The molecule has 1 heterocycles. The topological polar surface area (TPSA) is 127 Å². The van der Waals surface area contributed by atoms with Crippen molar-refractivity contribution in [3.63, 3.8) is 0 Å². The number of rotatable bonds is 5. The van der Waals surface area contributed by atoms with Gasteiger partial charge in [0, 0.05) is 27.7 Å². The monoisotopic (exact) mass is 423 g/mol. The van der Waals surface area contributed by atoms with E-state index >= 15 is 0 Å². The molecule has 4 atom stereocenters. The van der Waals surface area contributed by atoms with E-state index in [2.05, 4.69) is 20.2 Å². The zero-order chi connectivity index (χ0) is 19.1. The first-order chi connectivity index (χ1) is 11.6. The summed E-state index contributed by atoms with van der Waals surface area (Å²) >= 11 is 2.83. The first-order valence-corrected chi connectivity index (χ1v) is 7.87. The first-order valence-electron chi connectivity index (χ1n) is 7.16. The van der Waals surface area contributed by atoms with Crippen LogP contribution in [0.4, 0.5) is 0 Å². The molecule has 0 N–H and O–H groups in total. The van der Waals surface area contributed by atoms with E-state index in [1.54, 1.807) is 0 Å². The van der Waals surface area contributed by atoms with Crippen LogP contribution in [0.1, 0.15) is 27.7 Å². The predicted octanol–water partition coefficient (Wildman–Crippen LogP) is 0.452. The summed E-state index contributed by atoms with van der Waals surface area (Å²) in [5.74, 6) is -2.82. The fourth-order valence-electron chi connectivity index (χ4n) is 2.16. The van der Waals surface area contributed by atoms with Gasteiger partial charge in [0.2, 0.25) is 12.0 Å². The number of nitrogens with zero attached hydrogens (tertiary/aromatic N) is 1. The second kappa shape index (κ2) is 9.35. The second-order valence-corrected chi connectivity index (χ2v) is 5.41. The average Bonchev–Trinajstić information content (AvgIpc) is 2.48. The highest BCUT2D eigenvalue weighted by Gasteiger charge is 2.51. The molecule has 0 aromatic rings. The number of carbonyl (C=O) groups excluding carboxylic acids is 4. The van der Waals surface area contributed by atoms with Crippen molar-refractivity contribution in [2.45, 2.75) is 52.1 Å². The molecular formula is C14H18BrNO9. The lowest BCUT2D eigenvalue weighted by molar-refractivity contribution is -0.200. The molecule has 1 aliphatic heterocycles. The maximum absolute atomic E-state index is 11.5. The largest absolute Gasteiger partial charge is 0.467 e. The molecule has 1 fully saturated rings. The highest BCUT2D eigenvalue weighted by Crippen LogP contribution is 2.27. The minimum atomic E-state index is -1.25. The molecule has 0 radical (unpaired) electrons. The fourth-order valence-corrected chi connectivity index (χ4v) is 2.45. The molecule has 10 nitrogen and oxygen atoms in total. The van der Waals surface area contributed by atoms with Crippen molar-refractivity contribution in [2.24, 2.45) is 4.02 Å². The fraction of sp³-hybridized carbons (Fsp3) is 0.643. The Kier molecular flexibility index (Phi) is 7.81. The summed E-state index contributed by atoms with van der Waals surface area (Å²) in [7, 11) is 0. The van der Waals surface area contributed by atoms with Gasteiger partial charge < -0.3 is 23.7 Å². The van der Waals surface area contributed by atoms with Crippen molar-refractivity contribution in [3.8, 4) is 0 Å². The van der Waals surface area contributed by atoms with Crippen LogP contribution in [-0.2, 0) is 42.9 Å². The molecule has 25 heavy (non-hydrogen) atoms. The van der Waals surface area contributed by atoms with Crippen molar-refractivity contribution in [1.82, 2.24) is 0 Å². The Morgan fingerprint density at radius 3 is 1.88 bits per heavy atom. The lowest BCUT2D eigenvalue weighted by Gasteiger charge is -2.40. The van der Waals surface area contributed by atoms with Gasteiger partial charge in [-0.1, -0.05) is 0 Å². The van der Waals surface area contributed by atoms with Crippen LogP contribution >= 0.6 is 16.1 Å². The van der Waals surface area contributed by atoms with Crippen LogP contribution < -0.4 is 0 Å². The standard InChI is InChI=1S/C14H18BrNO9/c1-6(17)21-5-10-11(22-7(2)18)12(23-8(3)19)13(24-9(4)20)14(16-15)25-10/h10-13H,5H2,1-4H3/b16-14-/t10-,11-,12+,13-/m1/s1. The Hall–Kier alpha value is -2.17. The molecule has 0 unspecified atom stereocenters. The van der Waals surface area contributed by atoms with E-state index in [-0.39, 0.29) is 12.5 Å². The molecule has 1 rings (SSSR count). The van der Waals surface area contributed by atoms with Gasteiger partial charge in [-0.05, 0) is 0 Å². The summed E-state index contributed by atoms with van der Waals surface area (Å²) in [5, 5.41) is 0. The normalized spacial score (nSPS) is 27.0. The van der Waals surface area contributed by atoms with Crippen LogP contribution in [-0.4, -0.2) is 60.8 Å². The molecule has 0 saturated carbocycles.